The maximum Gasteiger partial charge on any atom is 0.128 e. The molecule has 0 spiro atoms. The van der Waals surface area contributed by atoms with Crippen molar-refractivity contribution in [2.24, 2.45) is 5.73 Å². The monoisotopic (exact) mass is 239 g/mol. The number of rotatable bonds is 6. The molecule has 0 saturated carbocycles. The Kier molecular flexibility index (Phi) is 5.25. The van der Waals surface area contributed by atoms with Gasteiger partial charge in [0.25, 0.3) is 0 Å². The predicted octanol–water partition coefficient (Wildman–Crippen LogP) is 2.13. The van der Waals surface area contributed by atoms with E-state index in [4.69, 9.17) is 19.9 Å². The number of hydrogen-bond acceptors (Lipinski definition) is 4. The minimum absolute atomic E-state index is 0.121. The third-order valence-electron chi connectivity index (χ3n) is 2.44. The Morgan fingerprint density at radius 1 is 1.18 bits per heavy atom. The van der Waals surface area contributed by atoms with Crippen molar-refractivity contribution in [3.05, 3.63) is 23.8 Å². The molecule has 0 bridgehead atoms. The van der Waals surface area contributed by atoms with Crippen LogP contribution in [0.5, 0.6) is 11.5 Å². The Balaban J connectivity index is 3.01. The van der Waals surface area contributed by atoms with E-state index in [1.807, 2.05) is 32.0 Å². The summed E-state index contributed by atoms with van der Waals surface area (Å²) in [6.45, 7) is 4.39. The quantitative estimate of drug-likeness (QED) is 0.826. The average Bonchev–Trinajstić information content (AvgIpc) is 2.35. The molecule has 17 heavy (non-hydrogen) atoms. The molecule has 0 aliphatic carbocycles. The van der Waals surface area contributed by atoms with Gasteiger partial charge >= 0.3 is 0 Å². The molecule has 0 unspecified atom stereocenters. The molecule has 1 aromatic rings. The predicted molar refractivity (Wildman–Crippen MR) is 67.6 cm³/mol. The minimum Gasteiger partial charge on any atom is -0.497 e. The summed E-state index contributed by atoms with van der Waals surface area (Å²) in [6.07, 6.45) is -0.0359. The van der Waals surface area contributed by atoms with Crippen LogP contribution in [-0.2, 0) is 4.74 Å². The van der Waals surface area contributed by atoms with Crippen LogP contribution in [0, 0.1) is 0 Å². The molecule has 1 rings (SSSR count). The summed E-state index contributed by atoms with van der Waals surface area (Å²) in [5.74, 6) is 1.49. The highest BCUT2D eigenvalue weighted by Gasteiger charge is 2.17. The lowest BCUT2D eigenvalue weighted by molar-refractivity contribution is 0.0107. The van der Waals surface area contributed by atoms with Gasteiger partial charge in [-0.1, -0.05) is 0 Å². The first kappa shape index (κ1) is 13.8. The number of benzene rings is 1. The zero-order valence-corrected chi connectivity index (χ0v) is 10.9. The molecule has 4 heteroatoms. The summed E-state index contributed by atoms with van der Waals surface area (Å²) in [7, 11) is 3.25. The third kappa shape index (κ3) is 3.61. The van der Waals surface area contributed by atoms with Gasteiger partial charge in [-0.2, -0.15) is 0 Å². The first-order valence-electron chi connectivity index (χ1n) is 5.69. The van der Waals surface area contributed by atoms with E-state index in [1.54, 1.807) is 14.2 Å². The van der Waals surface area contributed by atoms with Gasteiger partial charge in [0.15, 0.2) is 0 Å². The second-order valence-electron chi connectivity index (χ2n) is 4.02. The van der Waals surface area contributed by atoms with E-state index in [9.17, 15) is 0 Å². The zero-order valence-electron chi connectivity index (χ0n) is 10.9. The molecular formula is C13H21NO3. The smallest absolute Gasteiger partial charge is 0.128 e. The molecule has 1 atom stereocenters. The molecule has 0 amide bonds. The standard InChI is InChI=1S/C13H21NO3/c1-9(2)17-13(8-14)11-6-5-10(15-3)7-12(11)16-4/h5-7,9,13H,8,14H2,1-4H3/t13-/m1/s1. The lowest BCUT2D eigenvalue weighted by atomic mass is 10.1. The van der Waals surface area contributed by atoms with Gasteiger partial charge < -0.3 is 19.9 Å². The fourth-order valence-corrected chi connectivity index (χ4v) is 1.67. The van der Waals surface area contributed by atoms with Gasteiger partial charge in [-0.05, 0) is 26.0 Å². The van der Waals surface area contributed by atoms with Crippen LogP contribution in [-0.4, -0.2) is 26.9 Å². The van der Waals surface area contributed by atoms with Crippen LogP contribution in [0.25, 0.3) is 0 Å². The molecule has 96 valence electrons. The molecule has 0 aromatic heterocycles. The van der Waals surface area contributed by atoms with E-state index in [2.05, 4.69) is 0 Å². The van der Waals surface area contributed by atoms with Gasteiger partial charge in [-0.3, -0.25) is 0 Å². The Bertz CT molecular complexity index is 353. The molecule has 0 aliphatic heterocycles. The third-order valence-corrected chi connectivity index (χ3v) is 2.44. The second-order valence-corrected chi connectivity index (χ2v) is 4.02. The van der Waals surface area contributed by atoms with Crippen molar-refractivity contribution in [1.29, 1.82) is 0 Å². The summed E-state index contributed by atoms with van der Waals surface area (Å²) in [6, 6.07) is 5.64. The zero-order chi connectivity index (χ0) is 12.8. The van der Waals surface area contributed by atoms with E-state index in [0.29, 0.717) is 6.54 Å². The Labute approximate surface area is 103 Å². The summed E-state index contributed by atoms with van der Waals surface area (Å²) < 4.78 is 16.2. The van der Waals surface area contributed by atoms with Crippen LogP contribution in [0.1, 0.15) is 25.5 Å². The minimum atomic E-state index is -0.157. The average molecular weight is 239 g/mol. The van der Waals surface area contributed by atoms with Crippen LogP contribution < -0.4 is 15.2 Å². The largest absolute Gasteiger partial charge is 0.497 e. The lowest BCUT2D eigenvalue weighted by Crippen LogP contribution is -2.20. The Hall–Kier alpha value is -1.26. The van der Waals surface area contributed by atoms with Gasteiger partial charge in [0.05, 0.1) is 26.4 Å². The highest BCUT2D eigenvalue weighted by atomic mass is 16.5. The fourth-order valence-electron chi connectivity index (χ4n) is 1.67. The summed E-state index contributed by atoms with van der Waals surface area (Å²) in [4.78, 5) is 0. The molecular weight excluding hydrogens is 218 g/mol. The van der Waals surface area contributed by atoms with E-state index in [-0.39, 0.29) is 12.2 Å². The molecule has 1 aromatic carbocycles. The maximum atomic E-state index is 5.76. The molecule has 0 radical (unpaired) electrons. The van der Waals surface area contributed by atoms with Crippen LogP contribution in [0.4, 0.5) is 0 Å². The first-order valence-corrected chi connectivity index (χ1v) is 5.69. The second kappa shape index (κ2) is 6.47. The molecule has 0 aliphatic rings. The number of nitrogens with two attached hydrogens (primary N) is 1. The number of ether oxygens (including phenoxy) is 3. The van der Waals surface area contributed by atoms with Crippen molar-refractivity contribution in [1.82, 2.24) is 0 Å². The fraction of sp³-hybridized carbons (Fsp3) is 0.538. The van der Waals surface area contributed by atoms with Crippen molar-refractivity contribution in [2.75, 3.05) is 20.8 Å². The van der Waals surface area contributed by atoms with Crippen LogP contribution >= 0.6 is 0 Å². The number of hydrogen-bond donors (Lipinski definition) is 1. The van der Waals surface area contributed by atoms with Gasteiger partial charge in [0.2, 0.25) is 0 Å². The van der Waals surface area contributed by atoms with Crippen molar-refractivity contribution in [3.63, 3.8) is 0 Å². The van der Waals surface area contributed by atoms with Crippen LogP contribution in [0.15, 0.2) is 18.2 Å². The lowest BCUT2D eigenvalue weighted by Gasteiger charge is -2.21. The van der Waals surface area contributed by atoms with Crippen molar-refractivity contribution >= 4 is 0 Å². The summed E-state index contributed by atoms with van der Waals surface area (Å²) in [5, 5.41) is 0. The molecule has 0 heterocycles. The van der Waals surface area contributed by atoms with Crippen molar-refractivity contribution < 1.29 is 14.2 Å². The Morgan fingerprint density at radius 2 is 1.88 bits per heavy atom. The normalized spacial score (nSPS) is 12.6. The van der Waals surface area contributed by atoms with Crippen molar-refractivity contribution in [3.8, 4) is 11.5 Å². The summed E-state index contributed by atoms with van der Waals surface area (Å²) in [5.41, 5.74) is 6.68. The van der Waals surface area contributed by atoms with Gasteiger partial charge in [0.1, 0.15) is 11.5 Å². The molecule has 0 fully saturated rings. The highest BCUT2D eigenvalue weighted by molar-refractivity contribution is 5.42. The summed E-state index contributed by atoms with van der Waals surface area (Å²) >= 11 is 0. The van der Waals surface area contributed by atoms with Crippen LogP contribution in [0.2, 0.25) is 0 Å². The Morgan fingerprint density at radius 3 is 2.35 bits per heavy atom. The topological polar surface area (TPSA) is 53.7 Å². The SMILES string of the molecule is COc1ccc([C@@H](CN)OC(C)C)c(OC)c1. The van der Waals surface area contributed by atoms with Gasteiger partial charge in [-0.25, -0.2) is 0 Å². The molecule has 4 nitrogen and oxygen atoms in total. The highest BCUT2D eigenvalue weighted by Crippen LogP contribution is 2.31. The van der Waals surface area contributed by atoms with E-state index in [0.717, 1.165) is 17.1 Å². The van der Waals surface area contributed by atoms with E-state index >= 15 is 0 Å². The number of methoxy groups -OCH3 is 2. The molecule has 2 N–H and O–H groups in total. The van der Waals surface area contributed by atoms with Crippen LogP contribution in [0.3, 0.4) is 0 Å². The van der Waals surface area contributed by atoms with Crippen molar-refractivity contribution in [2.45, 2.75) is 26.1 Å². The molecule has 0 saturated heterocycles. The van der Waals surface area contributed by atoms with E-state index < -0.39 is 0 Å². The maximum absolute atomic E-state index is 5.76. The van der Waals surface area contributed by atoms with E-state index in [1.165, 1.54) is 0 Å². The van der Waals surface area contributed by atoms with Gasteiger partial charge in [-0.15, -0.1) is 0 Å². The van der Waals surface area contributed by atoms with Gasteiger partial charge in [0, 0.05) is 18.2 Å². The first-order chi connectivity index (χ1) is 8.12.